The topological polar surface area (TPSA) is 159 Å². The molecule has 4 aliphatic heterocycles. The minimum Gasteiger partial charge on any atom is -0.377 e. The fraction of sp³-hybridized carbons (Fsp3) is 0.483. The Hall–Kier alpha value is -6.46. The molecule has 8 heterocycles. The molecule has 386 valence electrons. The zero-order chi connectivity index (χ0) is 50.8. The number of rotatable bonds is 13. The maximum absolute atomic E-state index is 13.8. The third kappa shape index (κ3) is 9.28. The number of pyridine rings is 1. The molecule has 7 aromatic rings. The number of carbonyl (C=O) groups is 3. The van der Waals surface area contributed by atoms with Gasteiger partial charge in [0.05, 0.1) is 22.1 Å². The molecule has 12 rings (SSSR count). The van der Waals surface area contributed by atoms with Gasteiger partial charge in [0.25, 0.3) is 5.91 Å². The molecule has 3 aromatic carbocycles. The summed E-state index contributed by atoms with van der Waals surface area (Å²) < 4.78 is 11.1. The number of nitrogens with zero attached hydrogens (tertiary/aromatic N) is 9. The lowest BCUT2D eigenvalue weighted by Gasteiger charge is -2.42. The molecule has 0 bridgehead atoms. The zero-order valence-corrected chi connectivity index (χ0v) is 43.3. The number of piperazine rings is 1. The highest BCUT2D eigenvalue weighted by molar-refractivity contribution is 6.00. The van der Waals surface area contributed by atoms with Crippen molar-refractivity contribution in [2.45, 2.75) is 108 Å². The molecule has 3 amide bonds. The van der Waals surface area contributed by atoms with Gasteiger partial charge in [-0.25, -0.2) is 14.8 Å². The number of nitrogens with one attached hydrogen (secondary N) is 2. The van der Waals surface area contributed by atoms with Crippen LogP contribution in [0.4, 0.5) is 0 Å². The van der Waals surface area contributed by atoms with Gasteiger partial charge in [0.1, 0.15) is 24.1 Å². The number of fused-ring (bicyclic) bond motifs is 3. The van der Waals surface area contributed by atoms with Crippen molar-refractivity contribution in [3.05, 3.63) is 118 Å². The number of aromatic nitrogens is 6. The van der Waals surface area contributed by atoms with Gasteiger partial charge in [-0.1, -0.05) is 24.3 Å². The Morgan fingerprint density at radius 3 is 2.38 bits per heavy atom. The number of hydrogen-bond acceptors (Lipinski definition) is 10. The summed E-state index contributed by atoms with van der Waals surface area (Å²) in [6.07, 6.45) is 8.59. The summed E-state index contributed by atoms with van der Waals surface area (Å²) in [5.74, 6) is 1.32. The number of piperidine rings is 3. The fourth-order valence-corrected chi connectivity index (χ4v) is 12.9. The van der Waals surface area contributed by atoms with Gasteiger partial charge in [0.15, 0.2) is 0 Å². The van der Waals surface area contributed by atoms with Gasteiger partial charge in [-0.3, -0.25) is 43.5 Å². The highest BCUT2D eigenvalue weighted by atomic mass is 16.5. The van der Waals surface area contributed by atoms with Crippen molar-refractivity contribution in [2.75, 3.05) is 59.5 Å². The number of methoxy groups -OCH3 is 1. The van der Waals surface area contributed by atoms with E-state index in [1.165, 1.54) is 11.3 Å². The molecule has 16 nitrogen and oxygen atoms in total. The van der Waals surface area contributed by atoms with Gasteiger partial charge in [-0.15, -0.1) is 0 Å². The Balaban J connectivity index is 0.610. The van der Waals surface area contributed by atoms with Crippen LogP contribution in [0.15, 0.2) is 83.8 Å². The molecule has 2 N–H and O–H groups in total. The summed E-state index contributed by atoms with van der Waals surface area (Å²) in [6, 6.07) is 25.7. The van der Waals surface area contributed by atoms with Crippen LogP contribution in [0.5, 0.6) is 0 Å². The lowest BCUT2D eigenvalue weighted by molar-refractivity contribution is -0.135. The SMILES string of the molecule is COCc1nc2cc(-c3ccnc4c3cc([C@H](C)N3CCC(c5ccc(C(=O)N6CCC(CN7CCN(Cc8ccc9c(c8)n(C8CC8)c(=O)n9C8CCC(=O)NC8=O)C[C@@H]7C)CC6)cc5)CC3)n4C)ccc2[nH]1. The minimum atomic E-state index is -0.671. The van der Waals surface area contributed by atoms with Gasteiger partial charge in [-0.05, 0) is 155 Å². The number of amides is 3. The quantitative estimate of drug-likeness (QED) is 0.110. The molecule has 16 heteroatoms. The van der Waals surface area contributed by atoms with E-state index >= 15 is 0 Å². The number of carbonyl (C=O) groups excluding carboxylic acids is 3. The first-order valence-electron chi connectivity index (χ1n) is 27.1. The van der Waals surface area contributed by atoms with E-state index in [0.29, 0.717) is 30.9 Å². The lowest BCUT2D eigenvalue weighted by atomic mass is 9.88. The van der Waals surface area contributed by atoms with Gasteiger partial charge in [-0.2, -0.15) is 0 Å². The van der Waals surface area contributed by atoms with Crippen molar-refractivity contribution in [3.63, 3.8) is 0 Å². The smallest absolute Gasteiger partial charge is 0.330 e. The number of imidazole rings is 2. The number of H-pyrrole nitrogens is 1. The molecular weight excluding hydrogens is 931 g/mol. The van der Waals surface area contributed by atoms with Crippen LogP contribution in [0.2, 0.25) is 0 Å². The van der Waals surface area contributed by atoms with E-state index in [9.17, 15) is 19.2 Å². The summed E-state index contributed by atoms with van der Waals surface area (Å²) in [4.78, 5) is 75.1. The maximum atomic E-state index is 13.8. The Morgan fingerprint density at radius 2 is 1.64 bits per heavy atom. The van der Waals surface area contributed by atoms with Gasteiger partial charge in [0, 0.05) is 107 Å². The highest BCUT2D eigenvalue weighted by Crippen LogP contribution is 2.39. The van der Waals surface area contributed by atoms with Crippen molar-refractivity contribution in [1.82, 2.24) is 53.6 Å². The largest absolute Gasteiger partial charge is 0.377 e. The van der Waals surface area contributed by atoms with E-state index in [2.05, 4.69) is 122 Å². The predicted molar refractivity (Wildman–Crippen MR) is 286 cm³/mol. The predicted octanol–water partition coefficient (Wildman–Crippen LogP) is 7.69. The molecule has 74 heavy (non-hydrogen) atoms. The normalized spacial score (nSPS) is 21.6. The molecule has 1 unspecified atom stereocenters. The van der Waals surface area contributed by atoms with Crippen LogP contribution in [0.3, 0.4) is 0 Å². The summed E-state index contributed by atoms with van der Waals surface area (Å²) >= 11 is 0. The number of benzene rings is 3. The van der Waals surface area contributed by atoms with E-state index in [4.69, 9.17) is 14.7 Å². The van der Waals surface area contributed by atoms with E-state index in [1.54, 1.807) is 11.7 Å². The first kappa shape index (κ1) is 48.5. The highest BCUT2D eigenvalue weighted by Gasteiger charge is 2.36. The molecule has 4 aromatic heterocycles. The molecular formula is C58H69N11O5. The summed E-state index contributed by atoms with van der Waals surface area (Å²) in [7, 11) is 3.82. The second kappa shape index (κ2) is 20.0. The molecule has 1 saturated carbocycles. The molecule has 5 fully saturated rings. The second-order valence-electron chi connectivity index (χ2n) is 22.0. The average molecular weight is 1000 g/mol. The van der Waals surface area contributed by atoms with Crippen LogP contribution in [0.25, 0.3) is 44.2 Å². The minimum absolute atomic E-state index is 0.144. The van der Waals surface area contributed by atoms with Crippen LogP contribution in [0, 0.1) is 5.92 Å². The monoisotopic (exact) mass is 1000 g/mol. The van der Waals surface area contributed by atoms with Crippen molar-refractivity contribution in [1.29, 1.82) is 0 Å². The molecule has 4 saturated heterocycles. The molecule has 5 aliphatic rings. The second-order valence-corrected chi connectivity index (χ2v) is 22.0. The Bertz CT molecular complexity index is 3310. The summed E-state index contributed by atoms with van der Waals surface area (Å²) in [5.41, 5.74) is 11.2. The van der Waals surface area contributed by atoms with E-state index in [0.717, 1.165) is 159 Å². The van der Waals surface area contributed by atoms with E-state index in [1.807, 2.05) is 16.8 Å². The van der Waals surface area contributed by atoms with Gasteiger partial charge < -0.3 is 19.2 Å². The van der Waals surface area contributed by atoms with Crippen LogP contribution >= 0.6 is 0 Å². The van der Waals surface area contributed by atoms with Gasteiger partial charge in [0.2, 0.25) is 11.8 Å². The Morgan fingerprint density at radius 1 is 0.838 bits per heavy atom. The first-order valence-corrected chi connectivity index (χ1v) is 27.1. The first-order chi connectivity index (χ1) is 36.0. The van der Waals surface area contributed by atoms with Crippen molar-refractivity contribution in [3.8, 4) is 11.1 Å². The third-order valence-corrected chi connectivity index (χ3v) is 17.3. The number of likely N-dealkylation sites (tertiary alicyclic amines) is 2. The third-order valence-electron chi connectivity index (χ3n) is 17.3. The van der Waals surface area contributed by atoms with Crippen molar-refractivity contribution in [2.24, 2.45) is 13.0 Å². The maximum Gasteiger partial charge on any atom is 0.330 e. The number of imide groups is 1. The Labute approximate surface area is 431 Å². The molecule has 1 aliphatic carbocycles. The lowest BCUT2D eigenvalue weighted by Crippen LogP contribution is -2.53. The molecule has 0 radical (unpaired) electrons. The van der Waals surface area contributed by atoms with Crippen molar-refractivity contribution < 1.29 is 19.1 Å². The summed E-state index contributed by atoms with van der Waals surface area (Å²) in [6.45, 7) is 13.5. The standard InChI is InChI=1S/C58H69N11O5/c1-36-32-64(33-39-5-14-49-52(29-39)68(44-11-12-44)58(73)69(49)50-15-16-54(70)62-56(50)71)27-28-67(36)34-38-18-23-66(24-19-38)57(72)42-8-6-40(7-9-42)41-20-25-65(26-21-41)37(2)51-31-46-45(17-22-59-55(46)63(51)3)43-10-13-47-48(30-43)61-53(60-47)35-74-4/h5-10,13-14,17,22,29-31,36-38,41,44,50H,11-12,15-16,18-21,23-28,32-35H2,1-4H3,(H,60,61)(H,62,70,71)/t36-,37-,50?/m0/s1. The average Bonchev–Trinajstić information content (AvgIpc) is 3.99. The molecule has 3 atom stereocenters. The van der Waals surface area contributed by atoms with Crippen LogP contribution in [0.1, 0.15) is 122 Å². The molecule has 0 spiro atoms. The number of aryl methyl sites for hydroxylation is 1. The number of aromatic amines is 1. The summed E-state index contributed by atoms with van der Waals surface area (Å²) in [5, 5.41) is 3.58. The van der Waals surface area contributed by atoms with E-state index < -0.39 is 11.9 Å². The van der Waals surface area contributed by atoms with Crippen molar-refractivity contribution >= 4 is 50.8 Å². The number of hydrogen-bond donors (Lipinski definition) is 2. The van der Waals surface area contributed by atoms with Gasteiger partial charge >= 0.3 is 5.69 Å². The fourth-order valence-electron chi connectivity index (χ4n) is 12.9. The Kier molecular flexibility index (Phi) is 13.1. The number of ether oxygens (including phenoxy) is 1. The van der Waals surface area contributed by atoms with Crippen LogP contribution < -0.4 is 11.0 Å². The van der Waals surface area contributed by atoms with Crippen LogP contribution in [-0.4, -0.2) is 131 Å². The van der Waals surface area contributed by atoms with E-state index in [-0.39, 0.29) is 36.0 Å². The zero-order valence-electron chi connectivity index (χ0n) is 43.3. The van der Waals surface area contributed by atoms with Crippen LogP contribution in [-0.2, 0) is 34.5 Å².